The lowest BCUT2D eigenvalue weighted by molar-refractivity contribution is -0.128. The number of aromatic nitrogens is 1. The van der Waals surface area contributed by atoms with Gasteiger partial charge in [0.15, 0.2) is 0 Å². The molecule has 1 aromatic heterocycles. The van der Waals surface area contributed by atoms with E-state index >= 15 is 0 Å². The molecule has 0 saturated carbocycles. The first kappa shape index (κ1) is 20.4. The van der Waals surface area contributed by atoms with E-state index in [1.165, 1.54) is 5.56 Å². The van der Waals surface area contributed by atoms with Gasteiger partial charge in [-0.2, -0.15) is 0 Å². The van der Waals surface area contributed by atoms with Crippen LogP contribution in [0.15, 0.2) is 24.4 Å². The second-order valence-electron chi connectivity index (χ2n) is 9.64. The highest BCUT2D eigenvalue weighted by atomic mass is 16.7. The van der Waals surface area contributed by atoms with Crippen LogP contribution in [-0.2, 0) is 20.6 Å². The molecule has 2 saturated heterocycles. The number of hydrogen-bond donors (Lipinski definition) is 0. The fourth-order valence-corrected chi connectivity index (χ4v) is 4.28. The van der Waals surface area contributed by atoms with Crippen LogP contribution in [0.4, 0.5) is 0 Å². The van der Waals surface area contributed by atoms with Gasteiger partial charge in [0.1, 0.15) is 0 Å². The maximum absolute atomic E-state index is 12.1. The van der Waals surface area contributed by atoms with Crippen molar-refractivity contribution in [2.75, 3.05) is 6.54 Å². The molecule has 6 heteroatoms. The Morgan fingerprint density at radius 3 is 2.45 bits per heavy atom. The van der Waals surface area contributed by atoms with E-state index in [0.29, 0.717) is 18.9 Å². The van der Waals surface area contributed by atoms with Crippen LogP contribution in [-0.4, -0.2) is 40.7 Å². The molecule has 0 radical (unpaired) electrons. The summed E-state index contributed by atoms with van der Waals surface area (Å²) >= 11 is 0. The third-order valence-corrected chi connectivity index (χ3v) is 6.65. The van der Waals surface area contributed by atoms with E-state index in [0.717, 1.165) is 34.9 Å². The third-order valence-electron chi connectivity index (χ3n) is 6.65. The van der Waals surface area contributed by atoms with Crippen LogP contribution in [0.25, 0.3) is 10.9 Å². The van der Waals surface area contributed by atoms with E-state index in [9.17, 15) is 4.79 Å². The molecule has 154 valence electrons. The molecule has 29 heavy (non-hydrogen) atoms. The normalized spacial score (nSPS) is 21.0. The lowest BCUT2D eigenvalue weighted by atomic mass is 9.77. The minimum Gasteiger partial charge on any atom is -0.399 e. The average molecular weight is 394 g/mol. The van der Waals surface area contributed by atoms with Gasteiger partial charge in [-0.1, -0.05) is 26.0 Å². The Hall–Kier alpha value is -1.92. The lowest BCUT2D eigenvalue weighted by Gasteiger charge is -2.32. The molecule has 1 aromatic carbocycles. The molecule has 1 amide bonds. The van der Waals surface area contributed by atoms with Crippen LogP contribution in [0.2, 0.25) is 0 Å². The third kappa shape index (κ3) is 3.57. The zero-order valence-corrected chi connectivity index (χ0v) is 18.4. The SMILES string of the molecule is CC(C)c1c(CN2CCCC2=O)cnc2ccc(B3OC(C)(C)C(C)(C)O3)cc12. The van der Waals surface area contributed by atoms with E-state index in [-0.39, 0.29) is 17.1 Å². The molecule has 0 atom stereocenters. The van der Waals surface area contributed by atoms with Gasteiger partial charge in [0, 0.05) is 31.1 Å². The van der Waals surface area contributed by atoms with E-state index in [1.807, 2.05) is 23.2 Å². The van der Waals surface area contributed by atoms with Crippen molar-refractivity contribution in [1.29, 1.82) is 0 Å². The first-order valence-electron chi connectivity index (χ1n) is 10.6. The number of rotatable bonds is 4. The van der Waals surface area contributed by atoms with Crippen molar-refractivity contribution >= 4 is 29.4 Å². The van der Waals surface area contributed by atoms with Crippen LogP contribution in [0, 0.1) is 0 Å². The van der Waals surface area contributed by atoms with Crippen LogP contribution >= 0.6 is 0 Å². The first-order valence-corrected chi connectivity index (χ1v) is 10.6. The van der Waals surface area contributed by atoms with E-state index in [1.54, 1.807) is 0 Å². The predicted octanol–water partition coefficient (Wildman–Crippen LogP) is 3.78. The highest BCUT2D eigenvalue weighted by Gasteiger charge is 2.51. The van der Waals surface area contributed by atoms with Gasteiger partial charge in [-0.15, -0.1) is 0 Å². The molecule has 4 rings (SSSR count). The van der Waals surface area contributed by atoms with Gasteiger partial charge in [-0.3, -0.25) is 9.78 Å². The fourth-order valence-electron chi connectivity index (χ4n) is 4.28. The molecule has 0 aliphatic carbocycles. The Kier molecular flexibility index (Phi) is 4.98. The van der Waals surface area contributed by atoms with Crippen LogP contribution in [0.5, 0.6) is 0 Å². The molecule has 0 bridgehead atoms. The Balaban J connectivity index is 1.75. The molecule has 0 N–H and O–H groups in total. The largest absolute Gasteiger partial charge is 0.494 e. The topological polar surface area (TPSA) is 51.7 Å². The highest BCUT2D eigenvalue weighted by molar-refractivity contribution is 6.62. The standard InChI is InChI=1S/C23H31BN2O3/c1-15(2)21-16(14-26-11-7-8-20(26)27)13-25-19-10-9-17(12-18(19)21)24-28-22(3,4)23(5,6)29-24/h9-10,12-13,15H,7-8,11,14H2,1-6H3. The van der Waals surface area contributed by atoms with Gasteiger partial charge >= 0.3 is 7.12 Å². The molecule has 2 fully saturated rings. The van der Waals surface area contributed by atoms with Gasteiger partial charge in [-0.25, -0.2) is 0 Å². The van der Waals surface area contributed by atoms with Gasteiger partial charge in [0.05, 0.1) is 16.7 Å². The predicted molar refractivity (Wildman–Crippen MR) is 116 cm³/mol. The van der Waals surface area contributed by atoms with Crippen LogP contribution < -0.4 is 5.46 Å². The summed E-state index contributed by atoms with van der Waals surface area (Å²) in [6.45, 7) is 14.1. The Labute approximate surface area is 173 Å². The number of pyridine rings is 1. The van der Waals surface area contributed by atoms with Crippen LogP contribution in [0.3, 0.4) is 0 Å². The number of carbonyl (C=O) groups is 1. The fraction of sp³-hybridized carbons (Fsp3) is 0.565. The smallest absolute Gasteiger partial charge is 0.399 e. The van der Waals surface area contributed by atoms with Crippen molar-refractivity contribution in [2.24, 2.45) is 0 Å². The molecule has 2 aliphatic rings. The van der Waals surface area contributed by atoms with Gasteiger partial charge in [-0.05, 0) is 62.7 Å². The van der Waals surface area contributed by atoms with Crippen molar-refractivity contribution in [2.45, 2.75) is 78.0 Å². The maximum atomic E-state index is 12.1. The Bertz CT molecular complexity index is 939. The highest BCUT2D eigenvalue weighted by Crippen LogP contribution is 2.37. The summed E-state index contributed by atoms with van der Waals surface area (Å²) in [5.74, 6) is 0.563. The van der Waals surface area contributed by atoms with Crippen molar-refractivity contribution in [3.05, 3.63) is 35.5 Å². The number of fused-ring (bicyclic) bond motifs is 1. The summed E-state index contributed by atoms with van der Waals surface area (Å²) in [5.41, 5.74) is 3.62. The van der Waals surface area contributed by atoms with Crippen molar-refractivity contribution in [3.8, 4) is 0 Å². The van der Waals surface area contributed by atoms with E-state index in [4.69, 9.17) is 14.3 Å². The summed E-state index contributed by atoms with van der Waals surface area (Å²) in [6, 6.07) is 6.26. The number of hydrogen-bond acceptors (Lipinski definition) is 4. The summed E-state index contributed by atoms with van der Waals surface area (Å²) in [6.07, 6.45) is 3.55. The van der Waals surface area contributed by atoms with Crippen LogP contribution in [0.1, 0.15) is 71.4 Å². The van der Waals surface area contributed by atoms with Crippen molar-refractivity contribution in [3.63, 3.8) is 0 Å². The van der Waals surface area contributed by atoms with E-state index < -0.39 is 7.12 Å². The molecular weight excluding hydrogens is 363 g/mol. The quantitative estimate of drug-likeness (QED) is 0.741. The monoisotopic (exact) mass is 394 g/mol. The number of amides is 1. The number of benzene rings is 1. The average Bonchev–Trinajstić information content (AvgIpc) is 3.13. The molecule has 2 aromatic rings. The zero-order chi connectivity index (χ0) is 21.0. The number of carbonyl (C=O) groups excluding carboxylic acids is 1. The molecule has 3 heterocycles. The summed E-state index contributed by atoms with van der Waals surface area (Å²) in [7, 11) is -0.395. The van der Waals surface area contributed by atoms with Gasteiger partial charge in [0.25, 0.3) is 0 Å². The molecule has 0 unspecified atom stereocenters. The summed E-state index contributed by atoms with van der Waals surface area (Å²) < 4.78 is 12.5. The number of nitrogens with zero attached hydrogens (tertiary/aromatic N) is 2. The zero-order valence-electron chi connectivity index (χ0n) is 18.4. The second-order valence-corrected chi connectivity index (χ2v) is 9.64. The molecule has 2 aliphatic heterocycles. The van der Waals surface area contributed by atoms with Gasteiger partial charge < -0.3 is 14.2 Å². The molecule has 5 nitrogen and oxygen atoms in total. The van der Waals surface area contributed by atoms with Crippen molar-refractivity contribution in [1.82, 2.24) is 9.88 Å². The van der Waals surface area contributed by atoms with Gasteiger partial charge in [0.2, 0.25) is 5.91 Å². The Morgan fingerprint density at radius 2 is 1.86 bits per heavy atom. The van der Waals surface area contributed by atoms with E-state index in [2.05, 4.69) is 47.6 Å². The number of likely N-dealkylation sites (tertiary alicyclic amines) is 1. The van der Waals surface area contributed by atoms with Crippen molar-refractivity contribution < 1.29 is 14.1 Å². The summed E-state index contributed by atoms with van der Waals surface area (Å²) in [4.78, 5) is 18.8. The minimum atomic E-state index is -0.395. The first-order chi connectivity index (χ1) is 13.6. The maximum Gasteiger partial charge on any atom is 0.494 e. The molecular formula is C23H31BN2O3. The second kappa shape index (κ2) is 7.10. The lowest BCUT2D eigenvalue weighted by Crippen LogP contribution is -2.41. The molecule has 0 spiro atoms. The summed E-state index contributed by atoms with van der Waals surface area (Å²) in [5, 5.41) is 1.12. The Morgan fingerprint density at radius 1 is 1.17 bits per heavy atom. The minimum absolute atomic E-state index is 0.241.